The van der Waals surface area contributed by atoms with E-state index >= 15 is 0 Å². The molecule has 25 heavy (non-hydrogen) atoms. The van der Waals surface area contributed by atoms with Crippen LogP contribution < -0.4 is 14.8 Å². The molecular weight excluding hydrogens is 318 g/mol. The Kier molecular flexibility index (Phi) is 5.36. The lowest BCUT2D eigenvalue weighted by Crippen LogP contribution is -2.33. The van der Waals surface area contributed by atoms with Crippen LogP contribution in [-0.4, -0.2) is 19.6 Å². The second kappa shape index (κ2) is 8.06. The summed E-state index contributed by atoms with van der Waals surface area (Å²) in [6, 6.07) is 20.0. The number of carbonyl (C=O) groups is 1. The molecule has 1 atom stereocenters. The fourth-order valence-corrected chi connectivity index (χ4v) is 2.44. The van der Waals surface area contributed by atoms with Crippen LogP contribution >= 0.6 is 0 Å². The van der Waals surface area contributed by atoms with E-state index in [2.05, 4.69) is 5.32 Å². The van der Waals surface area contributed by atoms with Crippen LogP contribution in [-0.2, 0) is 4.79 Å². The maximum absolute atomic E-state index is 12.3. The van der Waals surface area contributed by atoms with Gasteiger partial charge in [0.25, 0.3) is 5.91 Å². The van der Waals surface area contributed by atoms with E-state index in [1.165, 1.54) is 0 Å². The number of carbonyl (C=O) groups excluding carboxylic acids is 1. The monoisotopic (exact) mass is 337 g/mol. The summed E-state index contributed by atoms with van der Waals surface area (Å²) in [7, 11) is 1.60. The van der Waals surface area contributed by atoms with Gasteiger partial charge in [-0.3, -0.25) is 4.79 Å². The molecule has 5 heteroatoms. The van der Waals surface area contributed by atoms with Crippen LogP contribution in [0.25, 0.3) is 0 Å². The average Bonchev–Trinajstić information content (AvgIpc) is 3.20. The molecule has 3 aromatic rings. The zero-order chi connectivity index (χ0) is 17.5. The average molecular weight is 337 g/mol. The first-order valence-corrected chi connectivity index (χ1v) is 7.91. The minimum atomic E-state index is -0.358. The van der Waals surface area contributed by atoms with Crippen molar-refractivity contribution in [1.29, 1.82) is 0 Å². The summed E-state index contributed by atoms with van der Waals surface area (Å²) in [5, 5.41) is 2.95. The van der Waals surface area contributed by atoms with E-state index in [0.717, 1.165) is 11.3 Å². The first-order chi connectivity index (χ1) is 12.3. The molecular formula is C20H19NO4. The molecule has 0 fully saturated rings. The topological polar surface area (TPSA) is 60.7 Å². The summed E-state index contributed by atoms with van der Waals surface area (Å²) >= 11 is 0. The second-order valence-corrected chi connectivity index (χ2v) is 5.39. The fraction of sp³-hybridized carbons (Fsp3) is 0.150. The van der Waals surface area contributed by atoms with Gasteiger partial charge in [-0.25, -0.2) is 0 Å². The van der Waals surface area contributed by atoms with Crippen molar-refractivity contribution in [2.45, 2.75) is 6.04 Å². The lowest BCUT2D eigenvalue weighted by atomic mass is 10.0. The number of hydrogen-bond acceptors (Lipinski definition) is 4. The van der Waals surface area contributed by atoms with Crippen molar-refractivity contribution in [2.24, 2.45) is 0 Å². The summed E-state index contributed by atoms with van der Waals surface area (Å²) in [4.78, 5) is 12.3. The molecule has 0 aliphatic heterocycles. The largest absolute Gasteiger partial charge is 0.497 e. The lowest BCUT2D eigenvalue weighted by molar-refractivity contribution is -0.123. The van der Waals surface area contributed by atoms with Crippen molar-refractivity contribution in [2.75, 3.05) is 13.7 Å². The first kappa shape index (κ1) is 16.6. The highest BCUT2D eigenvalue weighted by Crippen LogP contribution is 2.22. The van der Waals surface area contributed by atoms with Crippen molar-refractivity contribution in [3.63, 3.8) is 0 Å². The van der Waals surface area contributed by atoms with Gasteiger partial charge in [0, 0.05) is 0 Å². The molecule has 0 spiro atoms. The lowest BCUT2D eigenvalue weighted by Gasteiger charge is -2.17. The Labute approximate surface area is 146 Å². The molecule has 0 unspecified atom stereocenters. The predicted octanol–water partition coefficient (Wildman–Crippen LogP) is 3.57. The molecule has 1 aromatic heterocycles. The number of rotatable bonds is 7. The van der Waals surface area contributed by atoms with Gasteiger partial charge < -0.3 is 19.2 Å². The number of benzene rings is 2. The molecule has 1 N–H and O–H groups in total. The number of nitrogens with one attached hydrogen (secondary N) is 1. The maximum atomic E-state index is 12.3. The first-order valence-electron chi connectivity index (χ1n) is 7.91. The van der Waals surface area contributed by atoms with Crippen molar-refractivity contribution in [3.8, 4) is 11.5 Å². The van der Waals surface area contributed by atoms with E-state index in [0.29, 0.717) is 11.5 Å². The van der Waals surface area contributed by atoms with Crippen LogP contribution in [0.3, 0.4) is 0 Å². The Balaban J connectivity index is 1.64. The van der Waals surface area contributed by atoms with Crippen LogP contribution in [0.1, 0.15) is 17.4 Å². The summed E-state index contributed by atoms with van der Waals surface area (Å²) in [5.41, 5.74) is 0.940. The number of amides is 1. The Hall–Kier alpha value is -3.21. The molecule has 5 nitrogen and oxygen atoms in total. The van der Waals surface area contributed by atoms with Gasteiger partial charge in [0.2, 0.25) is 0 Å². The third-order valence-electron chi connectivity index (χ3n) is 3.70. The molecule has 1 amide bonds. The summed E-state index contributed by atoms with van der Waals surface area (Å²) in [6.07, 6.45) is 1.59. The molecule has 0 saturated heterocycles. The van der Waals surface area contributed by atoms with Gasteiger partial charge in [-0.05, 0) is 42.0 Å². The van der Waals surface area contributed by atoms with E-state index in [-0.39, 0.29) is 18.6 Å². The van der Waals surface area contributed by atoms with E-state index in [1.54, 1.807) is 43.7 Å². The van der Waals surface area contributed by atoms with Crippen molar-refractivity contribution in [3.05, 3.63) is 84.3 Å². The molecule has 0 aliphatic rings. The van der Waals surface area contributed by atoms with Crippen LogP contribution in [0.5, 0.6) is 11.5 Å². The predicted molar refractivity (Wildman–Crippen MR) is 93.6 cm³/mol. The van der Waals surface area contributed by atoms with E-state index in [4.69, 9.17) is 13.9 Å². The van der Waals surface area contributed by atoms with Crippen LogP contribution in [0.4, 0.5) is 0 Å². The highest BCUT2D eigenvalue weighted by Gasteiger charge is 2.19. The molecule has 128 valence electrons. The third kappa shape index (κ3) is 4.41. The quantitative estimate of drug-likeness (QED) is 0.716. The van der Waals surface area contributed by atoms with Gasteiger partial charge in [0.1, 0.15) is 23.3 Å². The summed E-state index contributed by atoms with van der Waals surface area (Å²) in [5.74, 6) is 1.77. The number of ether oxygens (including phenoxy) is 2. The summed E-state index contributed by atoms with van der Waals surface area (Å²) < 4.78 is 16.1. The fourth-order valence-electron chi connectivity index (χ4n) is 2.44. The number of methoxy groups -OCH3 is 1. The standard InChI is InChI=1S/C20H19NO4/c1-23-16-9-11-17(12-10-16)25-14-19(22)21-20(18-8-5-13-24-18)15-6-3-2-4-7-15/h2-13,20H,14H2,1H3,(H,21,22)/t20-/m0/s1. The zero-order valence-electron chi connectivity index (χ0n) is 13.8. The van der Waals surface area contributed by atoms with Gasteiger partial charge in [-0.15, -0.1) is 0 Å². The van der Waals surface area contributed by atoms with Crippen LogP contribution in [0, 0.1) is 0 Å². The van der Waals surface area contributed by atoms with Gasteiger partial charge in [-0.2, -0.15) is 0 Å². The van der Waals surface area contributed by atoms with E-state index < -0.39 is 0 Å². The van der Waals surface area contributed by atoms with Crippen molar-refractivity contribution >= 4 is 5.91 Å². The minimum absolute atomic E-state index is 0.0869. The van der Waals surface area contributed by atoms with Crippen molar-refractivity contribution in [1.82, 2.24) is 5.32 Å². The van der Waals surface area contributed by atoms with Gasteiger partial charge in [0.15, 0.2) is 6.61 Å². The molecule has 0 radical (unpaired) electrons. The Morgan fingerprint density at radius 3 is 2.36 bits per heavy atom. The normalized spacial score (nSPS) is 11.6. The van der Waals surface area contributed by atoms with Gasteiger partial charge in [-0.1, -0.05) is 30.3 Å². The molecule has 2 aromatic carbocycles. The van der Waals surface area contributed by atoms with Crippen LogP contribution in [0.15, 0.2) is 77.4 Å². The van der Waals surface area contributed by atoms with E-state index in [9.17, 15) is 4.79 Å². The Morgan fingerprint density at radius 2 is 1.72 bits per heavy atom. The Bertz CT molecular complexity index is 782. The SMILES string of the molecule is COc1ccc(OCC(=O)N[C@@H](c2ccccc2)c2ccco2)cc1. The second-order valence-electron chi connectivity index (χ2n) is 5.39. The third-order valence-corrected chi connectivity index (χ3v) is 3.70. The molecule has 1 heterocycles. The maximum Gasteiger partial charge on any atom is 0.258 e. The molecule has 0 bridgehead atoms. The number of furan rings is 1. The van der Waals surface area contributed by atoms with Gasteiger partial charge in [0.05, 0.1) is 13.4 Å². The highest BCUT2D eigenvalue weighted by atomic mass is 16.5. The van der Waals surface area contributed by atoms with Crippen molar-refractivity contribution < 1.29 is 18.7 Å². The van der Waals surface area contributed by atoms with Gasteiger partial charge >= 0.3 is 0 Å². The highest BCUT2D eigenvalue weighted by molar-refractivity contribution is 5.78. The molecule has 3 rings (SSSR count). The molecule has 0 aliphatic carbocycles. The zero-order valence-corrected chi connectivity index (χ0v) is 13.8. The Morgan fingerprint density at radius 1 is 1.00 bits per heavy atom. The summed E-state index contributed by atoms with van der Waals surface area (Å²) in [6.45, 7) is -0.0869. The minimum Gasteiger partial charge on any atom is -0.497 e. The van der Waals surface area contributed by atoms with E-state index in [1.807, 2.05) is 36.4 Å². The number of hydrogen-bond donors (Lipinski definition) is 1. The molecule has 0 saturated carbocycles. The van der Waals surface area contributed by atoms with Crippen LogP contribution in [0.2, 0.25) is 0 Å². The smallest absolute Gasteiger partial charge is 0.258 e.